The van der Waals surface area contributed by atoms with Crippen LogP contribution >= 0.6 is 24.4 Å². The van der Waals surface area contributed by atoms with Gasteiger partial charge in [-0.3, -0.25) is 9.98 Å². The molecule has 200 valence electrons. The van der Waals surface area contributed by atoms with Crippen molar-refractivity contribution in [1.82, 2.24) is 31.9 Å². The monoisotopic (exact) mass is 532 g/mol. The van der Waals surface area contributed by atoms with Gasteiger partial charge in [0.05, 0.1) is 24.8 Å². The van der Waals surface area contributed by atoms with Crippen molar-refractivity contribution in [3.63, 3.8) is 0 Å². The van der Waals surface area contributed by atoms with Crippen molar-refractivity contribution < 1.29 is 0 Å². The summed E-state index contributed by atoms with van der Waals surface area (Å²) in [4.78, 5) is 9.24. The Hall–Kier alpha value is -1.68. The topological polar surface area (TPSA) is 96.9 Å². The quantitative estimate of drug-likeness (QED) is 0.290. The first-order valence-corrected chi connectivity index (χ1v) is 15.1. The molecule has 0 aromatic heterocycles. The van der Waals surface area contributed by atoms with Crippen LogP contribution in [0, 0.1) is 11.8 Å². The predicted octanol–water partition coefficient (Wildman–Crippen LogP) is 2.35. The van der Waals surface area contributed by atoms with Crippen molar-refractivity contribution in [3.8, 4) is 0 Å². The van der Waals surface area contributed by atoms with Crippen molar-refractivity contribution in [1.29, 1.82) is 0 Å². The van der Waals surface area contributed by atoms with Crippen molar-refractivity contribution >= 4 is 46.3 Å². The molecule has 0 aromatic carbocycles. The number of nitrogens with zero attached hydrogens (tertiary/aromatic N) is 2. The Kier molecular flexibility index (Phi) is 9.16. The summed E-state index contributed by atoms with van der Waals surface area (Å²) in [6.07, 6.45) is 14.0. The van der Waals surface area contributed by atoms with E-state index in [0.717, 1.165) is 68.5 Å². The van der Waals surface area contributed by atoms with E-state index in [9.17, 15) is 0 Å². The van der Waals surface area contributed by atoms with Crippen molar-refractivity contribution in [2.45, 2.75) is 101 Å². The molecule has 0 aromatic rings. The second kappa shape index (κ2) is 12.7. The Bertz CT molecular complexity index is 764. The van der Waals surface area contributed by atoms with Crippen LogP contribution in [0.2, 0.25) is 0 Å². The first-order valence-electron chi connectivity index (χ1n) is 14.3. The Morgan fingerprint density at radius 2 is 1.00 bits per heavy atom. The van der Waals surface area contributed by atoms with E-state index in [-0.39, 0.29) is 0 Å². The fraction of sp³-hybridized carbons (Fsp3) is 0.846. The van der Waals surface area contributed by atoms with Gasteiger partial charge in [0.2, 0.25) is 0 Å². The number of thiocarbonyl (C=S) groups is 2. The zero-order valence-corrected chi connectivity index (χ0v) is 23.1. The highest BCUT2D eigenvalue weighted by Crippen LogP contribution is 2.27. The van der Waals surface area contributed by atoms with E-state index in [0.29, 0.717) is 36.0 Å². The zero-order valence-electron chi connectivity index (χ0n) is 21.5. The lowest BCUT2D eigenvalue weighted by atomic mass is 9.85. The fourth-order valence-corrected chi connectivity index (χ4v) is 7.35. The third-order valence-corrected chi connectivity index (χ3v) is 9.11. The molecule has 5 rings (SSSR count). The van der Waals surface area contributed by atoms with Gasteiger partial charge in [0.15, 0.2) is 10.2 Å². The van der Waals surface area contributed by atoms with Crippen LogP contribution in [0.15, 0.2) is 9.98 Å². The maximum atomic E-state index is 5.71. The zero-order chi connectivity index (χ0) is 24.7. The summed E-state index contributed by atoms with van der Waals surface area (Å²) in [5.41, 5.74) is 0. The Morgan fingerprint density at radius 3 is 1.39 bits per heavy atom. The Balaban J connectivity index is 0.975. The second-order valence-corrected chi connectivity index (χ2v) is 12.1. The predicted molar refractivity (Wildman–Crippen MR) is 156 cm³/mol. The fourth-order valence-electron chi connectivity index (χ4n) is 6.68. The minimum Gasteiger partial charge on any atom is -0.372 e. The van der Waals surface area contributed by atoms with Gasteiger partial charge in [-0.1, -0.05) is 0 Å². The smallest absolute Gasteiger partial charge is 0.166 e. The van der Waals surface area contributed by atoms with E-state index in [1.807, 2.05) is 0 Å². The normalized spacial score (nSPS) is 34.4. The molecule has 2 heterocycles. The summed E-state index contributed by atoms with van der Waals surface area (Å²) in [7, 11) is 0. The van der Waals surface area contributed by atoms with Crippen LogP contribution in [-0.2, 0) is 0 Å². The minimum atomic E-state index is 0.405. The third-order valence-electron chi connectivity index (χ3n) is 8.64. The molecule has 3 saturated carbocycles. The first kappa shape index (κ1) is 25.9. The molecular weight excluding hydrogens is 488 g/mol. The molecule has 0 amide bonds. The molecule has 3 fully saturated rings. The summed E-state index contributed by atoms with van der Waals surface area (Å²) in [5, 5.41) is 23.0. The highest BCUT2D eigenvalue weighted by atomic mass is 32.1. The van der Waals surface area contributed by atoms with Gasteiger partial charge in [0.25, 0.3) is 0 Å². The minimum absolute atomic E-state index is 0.405. The van der Waals surface area contributed by atoms with E-state index < -0.39 is 0 Å². The van der Waals surface area contributed by atoms with Gasteiger partial charge >= 0.3 is 0 Å². The van der Waals surface area contributed by atoms with Gasteiger partial charge in [-0.15, -0.1) is 0 Å². The van der Waals surface area contributed by atoms with Gasteiger partial charge in [0.1, 0.15) is 0 Å². The molecule has 0 radical (unpaired) electrons. The second-order valence-electron chi connectivity index (χ2n) is 11.3. The summed E-state index contributed by atoms with van der Waals surface area (Å²) >= 11 is 11.4. The Labute approximate surface area is 227 Å². The van der Waals surface area contributed by atoms with Gasteiger partial charge in [-0.25, -0.2) is 0 Å². The average Bonchev–Trinajstić information content (AvgIpc) is 3.60. The molecule has 2 aliphatic heterocycles. The molecule has 5 aliphatic rings. The molecule has 3 aliphatic carbocycles. The van der Waals surface area contributed by atoms with E-state index in [1.54, 1.807) is 0 Å². The lowest BCUT2D eigenvalue weighted by molar-refractivity contribution is 0.335. The van der Waals surface area contributed by atoms with Crippen LogP contribution in [0.1, 0.15) is 77.0 Å². The van der Waals surface area contributed by atoms with Gasteiger partial charge in [0, 0.05) is 49.1 Å². The maximum Gasteiger partial charge on any atom is 0.166 e. The van der Waals surface area contributed by atoms with Crippen LogP contribution < -0.4 is 31.9 Å². The molecule has 6 N–H and O–H groups in total. The highest BCUT2D eigenvalue weighted by molar-refractivity contribution is 7.80. The summed E-state index contributed by atoms with van der Waals surface area (Å²) in [6, 6.07) is 1.76. The van der Waals surface area contributed by atoms with E-state index in [4.69, 9.17) is 24.4 Å². The molecule has 0 spiro atoms. The molecule has 2 atom stereocenters. The van der Waals surface area contributed by atoms with Crippen LogP contribution in [0.3, 0.4) is 0 Å². The van der Waals surface area contributed by atoms with Crippen LogP contribution in [0.25, 0.3) is 0 Å². The van der Waals surface area contributed by atoms with Crippen LogP contribution in [0.5, 0.6) is 0 Å². The van der Waals surface area contributed by atoms with Gasteiger partial charge in [-0.05, 0) is 101 Å². The third kappa shape index (κ3) is 7.21. The van der Waals surface area contributed by atoms with Crippen LogP contribution in [-0.4, -0.2) is 72.2 Å². The van der Waals surface area contributed by atoms with E-state index >= 15 is 0 Å². The standard InChI is InChI=1S/C26H44N8S2/c35-25(31-19-8-4-17(5-9-19)23-27-12-13-28-23)33-21-2-1-3-22(16-21)34-26(36)32-20-10-6-18(7-11-20)24-29-14-15-30-24/h17-22H,1-16H2,(H,27,28)(H,29,30)(H2,31,33,35)(H2,32,34,36). The number of aliphatic imine (C=N–C) groups is 2. The lowest BCUT2D eigenvalue weighted by Gasteiger charge is -2.35. The summed E-state index contributed by atoms with van der Waals surface area (Å²) < 4.78 is 0. The molecule has 0 bridgehead atoms. The largest absolute Gasteiger partial charge is 0.372 e. The number of hydrogen-bond donors (Lipinski definition) is 6. The SMILES string of the molecule is S=C(NC1CCC(C2=NCCN2)CC1)NC1CCCC(NC(=S)NC2CCC(C3=NCCN3)CC2)C1. The number of amidine groups is 2. The molecule has 8 nitrogen and oxygen atoms in total. The molecule has 0 saturated heterocycles. The summed E-state index contributed by atoms with van der Waals surface area (Å²) in [6.45, 7) is 3.90. The van der Waals surface area contributed by atoms with Crippen molar-refractivity contribution in [2.24, 2.45) is 21.8 Å². The van der Waals surface area contributed by atoms with Crippen molar-refractivity contribution in [2.75, 3.05) is 26.2 Å². The van der Waals surface area contributed by atoms with Crippen LogP contribution in [0.4, 0.5) is 0 Å². The number of rotatable bonds is 6. The molecular formula is C26H44N8S2. The van der Waals surface area contributed by atoms with Gasteiger partial charge < -0.3 is 31.9 Å². The average molecular weight is 533 g/mol. The lowest BCUT2D eigenvalue weighted by Crippen LogP contribution is -2.53. The van der Waals surface area contributed by atoms with Crippen molar-refractivity contribution in [3.05, 3.63) is 0 Å². The first-order chi connectivity index (χ1) is 17.6. The molecule has 10 heteroatoms. The van der Waals surface area contributed by atoms with Gasteiger partial charge in [-0.2, -0.15) is 0 Å². The molecule has 2 unspecified atom stereocenters. The summed E-state index contributed by atoms with van der Waals surface area (Å²) in [5.74, 6) is 3.71. The molecule has 36 heavy (non-hydrogen) atoms. The maximum absolute atomic E-state index is 5.71. The Morgan fingerprint density at radius 1 is 0.583 bits per heavy atom. The van der Waals surface area contributed by atoms with E-state index in [2.05, 4.69) is 41.9 Å². The number of hydrogen-bond acceptors (Lipinski definition) is 6. The highest BCUT2D eigenvalue weighted by Gasteiger charge is 2.29. The number of nitrogens with one attached hydrogen (secondary N) is 6. The van der Waals surface area contributed by atoms with E-state index in [1.165, 1.54) is 56.6 Å².